The van der Waals surface area contributed by atoms with Crippen molar-refractivity contribution in [2.75, 3.05) is 5.75 Å². The van der Waals surface area contributed by atoms with Gasteiger partial charge in [-0.3, -0.25) is 4.79 Å². The van der Waals surface area contributed by atoms with Gasteiger partial charge in [0, 0.05) is 16.5 Å². The summed E-state index contributed by atoms with van der Waals surface area (Å²) in [5, 5.41) is 6.25. The average Bonchev–Trinajstić information content (AvgIpc) is 3.29. The van der Waals surface area contributed by atoms with Gasteiger partial charge in [0.1, 0.15) is 0 Å². The molecule has 1 aliphatic heterocycles. The lowest BCUT2D eigenvalue weighted by molar-refractivity contribution is 0.0923. The van der Waals surface area contributed by atoms with Crippen LogP contribution in [0.25, 0.3) is 33.5 Å². The van der Waals surface area contributed by atoms with Crippen molar-refractivity contribution in [3.8, 4) is 22.6 Å². The second kappa shape index (κ2) is 5.32. The van der Waals surface area contributed by atoms with Crippen LogP contribution in [0.15, 0.2) is 53.7 Å². The van der Waals surface area contributed by atoms with E-state index in [1.54, 1.807) is 0 Å². The van der Waals surface area contributed by atoms with Gasteiger partial charge < -0.3 is 4.98 Å². The van der Waals surface area contributed by atoms with Crippen molar-refractivity contribution < 1.29 is 4.79 Å². The average molecular weight is 346 g/mol. The molecule has 5 rings (SSSR count). The van der Waals surface area contributed by atoms with Gasteiger partial charge in [-0.25, -0.2) is 0 Å². The van der Waals surface area contributed by atoms with E-state index >= 15 is 0 Å². The number of nitrogens with zero attached hydrogens (tertiary/aromatic N) is 3. The van der Waals surface area contributed by atoms with Gasteiger partial charge in [-0.15, -0.1) is 5.10 Å². The predicted molar refractivity (Wildman–Crippen MR) is 98.8 cm³/mol. The summed E-state index contributed by atoms with van der Waals surface area (Å²) < 4.78 is 1.41. The Morgan fingerprint density at radius 1 is 1.16 bits per heavy atom. The van der Waals surface area contributed by atoms with E-state index in [9.17, 15) is 4.79 Å². The number of aryl methyl sites for hydroxylation is 1. The zero-order valence-electron chi connectivity index (χ0n) is 13.5. The monoisotopic (exact) mass is 346 g/mol. The first-order valence-corrected chi connectivity index (χ1v) is 9.00. The number of thioether (sulfide) groups is 1. The van der Waals surface area contributed by atoms with Crippen molar-refractivity contribution in [1.29, 1.82) is 0 Å². The van der Waals surface area contributed by atoms with E-state index in [2.05, 4.69) is 52.3 Å². The first kappa shape index (κ1) is 14.5. The van der Waals surface area contributed by atoms with Crippen molar-refractivity contribution in [2.24, 2.45) is 0 Å². The minimum Gasteiger partial charge on any atom is -0.351 e. The van der Waals surface area contributed by atoms with Gasteiger partial charge in [-0.05, 0) is 24.6 Å². The molecule has 2 aromatic heterocycles. The van der Waals surface area contributed by atoms with Gasteiger partial charge >= 0.3 is 0 Å². The summed E-state index contributed by atoms with van der Waals surface area (Å²) in [4.78, 5) is 19.9. The van der Waals surface area contributed by atoms with E-state index in [1.807, 2.05) is 18.2 Å². The van der Waals surface area contributed by atoms with Crippen LogP contribution in [-0.4, -0.2) is 31.4 Å². The molecule has 4 aromatic rings. The van der Waals surface area contributed by atoms with E-state index in [0.717, 1.165) is 27.7 Å². The number of hydrogen-bond donors (Lipinski definition) is 1. The summed E-state index contributed by atoms with van der Waals surface area (Å²) in [5.74, 6) is 0.947. The molecule has 0 spiro atoms. The Morgan fingerprint density at radius 3 is 2.80 bits per heavy atom. The van der Waals surface area contributed by atoms with E-state index in [-0.39, 0.29) is 5.91 Å². The van der Waals surface area contributed by atoms with Crippen LogP contribution in [0.2, 0.25) is 0 Å². The van der Waals surface area contributed by atoms with Crippen LogP contribution < -0.4 is 0 Å². The largest absolute Gasteiger partial charge is 0.351 e. The number of aromatic amines is 1. The molecule has 1 aliphatic rings. The van der Waals surface area contributed by atoms with Gasteiger partial charge in [-0.2, -0.15) is 9.67 Å². The lowest BCUT2D eigenvalue weighted by Crippen LogP contribution is -2.08. The number of carbonyl (C=O) groups excluding carboxylic acids is 1. The molecular weight excluding hydrogens is 332 g/mol. The number of aromatic nitrogens is 4. The summed E-state index contributed by atoms with van der Waals surface area (Å²) in [6.45, 7) is 2.08. The summed E-state index contributed by atoms with van der Waals surface area (Å²) in [5.41, 5.74) is 5.25. The Morgan fingerprint density at radius 2 is 2.00 bits per heavy atom. The van der Waals surface area contributed by atoms with Crippen molar-refractivity contribution in [1.82, 2.24) is 19.7 Å². The zero-order valence-corrected chi connectivity index (χ0v) is 14.3. The molecule has 0 saturated heterocycles. The SMILES string of the molecule is Cc1ccc2[nH]c(-c3nc4n(n3)C(=O)CS4)c(-c3ccccc3)c2c1. The summed E-state index contributed by atoms with van der Waals surface area (Å²) in [6.07, 6.45) is 0. The third-order valence-corrected chi connectivity index (χ3v) is 5.29. The molecule has 0 radical (unpaired) electrons. The fraction of sp³-hybridized carbons (Fsp3) is 0.105. The Kier molecular flexibility index (Phi) is 3.08. The first-order chi connectivity index (χ1) is 12.2. The fourth-order valence-corrected chi connectivity index (χ4v) is 4.02. The van der Waals surface area contributed by atoms with Crippen LogP contribution in [0.1, 0.15) is 10.4 Å². The molecular formula is C19H14N4OS. The van der Waals surface area contributed by atoms with Crippen LogP contribution in [-0.2, 0) is 0 Å². The summed E-state index contributed by atoms with van der Waals surface area (Å²) in [7, 11) is 0. The number of nitrogens with one attached hydrogen (secondary N) is 1. The van der Waals surface area contributed by atoms with E-state index in [1.165, 1.54) is 22.0 Å². The highest BCUT2D eigenvalue weighted by atomic mass is 32.2. The van der Waals surface area contributed by atoms with Crippen LogP contribution in [0.4, 0.5) is 0 Å². The molecule has 0 unspecified atom stereocenters. The predicted octanol–water partition coefficient (Wildman–Crippen LogP) is 4.15. The van der Waals surface area contributed by atoms with Gasteiger partial charge in [-0.1, -0.05) is 53.7 Å². The Labute approximate surface area is 148 Å². The number of rotatable bonds is 2. The molecule has 2 aromatic carbocycles. The quantitative estimate of drug-likeness (QED) is 0.592. The lowest BCUT2D eigenvalue weighted by atomic mass is 10.0. The standard InChI is InChI=1S/C19H14N4OS/c1-11-7-8-14-13(9-11)16(12-5-3-2-4-6-12)17(20-14)18-21-19-23(22-18)15(24)10-25-19/h2-9,20H,10H2,1H3. The minimum atomic E-state index is -0.0213. The maximum Gasteiger partial charge on any atom is 0.259 e. The van der Waals surface area contributed by atoms with E-state index in [4.69, 9.17) is 0 Å². The molecule has 3 heterocycles. The second-order valence-corrected chi connectivity index (χ2v) is 7.04. The molecule has 25 heavy (non-hydrogen) atoms. The first-order valence-electron chi connectivity index (χ1n) is 8.02. The molecule has 0 atom stereocenters. The highest BCUT2D eigenvalue weighted by Crippen LogP contribution is 2.38. The molecule has 0 bridgehead atoms. The number of H-pyrrole nitrogens is 1. The molecule has 0 amide bonds. The molecule has 1 N–H and O–H groups in total. The van der Waals surface area contributed by atoms with Crippen molar-refractivity contribution >= 4 is 28.6 Å². The fourth-order valence-electron chi connectivity index (χ4n) is 3.23. The maximum absolute atomic E-state index is 11.9. The number of fused-ring (bicyclic) bond motifs is 2. The third-order valence-electron chi connectivity index (χ3n) is 4.38. The van der Waals surface area contributed by atoms with Gasteiger partial charge in [0.05, 0.1) is 11.4 Å². The molecule has 0 saturated carbocycles. The molecule has 5 nitrogen and oxygen atoms in total. The molecule has 0 fully saturated rings. The summed E-state index contributed by atoms with van der Waals surface area (Å²) >= 11 is 1.43. The number of benzene rings is 2. The van der Waals surface area contributed by atoms with Crippen molar-refractivity contribution in [3.05, 3.63) is 54.1 Å². The van der Waals surface area contributed by atoms with Crippen molar-refractivity contribution in [3.63, 3.8) is 0 Å². The normalized spacial score (nSPS) is 13.6. The van der Waals surface area contributed by atoms with Crippen LogP contribution in [0, 0.1) is 6.92 Å². The van der Waals surface area contributed by atoms with Crippen LogP contribution in [0.5, 0.6) is 0 Å². The van der Waals surface area contributed by atoms with Gasteiger partial charge in [0.25, 0.3) is 5.91 Å². The minimum absolute atomic E-state index is 0.0213. The van der Waals surface area contributed by atoms with Gasteiger partial charge in [0.2, 0.25) is 0 Å². The second-order valence-electron chi connectivity index (χ2n) is 6.10. The summed E-state index contributed by atoms with van der Waals surface area (Å²) in [6, 6.07) is 16.5. The Bertz CT molecular complexity index is 1130. The smallest absolute Gasteiger partial charge is 0.259 e. The zero-order chi connectivity index (χ0) is 17.0. The van der Waals surface area contributed by atoms with E-state index in [0.29, 0.717) is 16.7 Å². The third kappa shape index (κ3) is 2.21. The maximum atomic E-state index is 11.9. The topological polar surface area (TPSA) is 63.6 Å². The highest BCUT2D eigenvalue weighted by Gasteiger charge is 2.26. The Balaban J connectivity index is 1.81. The van der Waals surface area contributed by atoms with Crippen LogP contribution in [0.3, 0.4) is 0 Å². The molecule has 122 valence electrons. The molecule has 0 aliphatic carbocycles. The van der Waals surface area contributed by atoms with Crippen LogP contribution >= 0.6 is 11.8 Å². The highest BCUT2D eigenvalue weighted by molar-refractivity contribution is 8.00. The lowest BCUT2D eigenvalue weighted by Gasteiger charge is -2.03. The Hall–Kier alpha value is -2.86. The van der Waals surface area contributed by atoms with Gasteiger partial charge in [0.15, 0.2) is 11.0 Å². The number of carbonyl (C=O) groups is 1. The number of hydrogen-bond acceptors (Lipinski definition) is 4. The van der Waals surface area contributed by atoms with Crippen molar-refractivity contribution in [2.45, 2.75) is 12.1 Å². The molecule has 6 heteroatoms. The van der Waals surface area contributed by atoms with E-state index < -0.39 is 0 Å².